The zero-order valence-corrected chi connectivity index (χ0v) is 20.9. The van der Waals surface area contributed by atoms with Crippen LogP contribution in [0.15, 0.2) is 58.2 Å². The van der Waals surface area contributed by atoms with Gasteiger partial charge in [-0.05, 0) is 83.3 Å². The van der Waals surface area contributed by atoms with Crippen molar-refractivity contribution in [1.82, 2.24) is 0 Å². The summed E-state index contributed by atoms with van der Waals surface area (Å²) in [6, 6.07) is 0. The van der Waals surface area contributed by atoms with Gasteiger partial charge in [-0.25, -0.2) is 4.57 Å². The van der Waals surface area contributed by atoms with E-state index < -0.39 is 19.7 Å². The van der Waals surface area contributed by atoms with Crippen LogP contribution in [-0.4, -0.2) is 40.2 Å². The molecule has 1 aliphatic carbocycles. The number of phosphoric ester groups is 1. The molecule has 2 heterocycles. The Balaban J connectivity index is 1.89. The molecule has 0 aromatic carbocycles. The fourth-order valence-corrected chi connectivity index (χ4v) is 4.88. The number of Topliss-reactive ketones (excluding diaryl/α,β-unsaturated/α-hetero) is 1. The quantitative estimate of drug-likeness (QED) is 0.389. The topological polar surface area (TPSA) is 102 Å². The van der Waals surface area contributed by atoms with Gasteiger partial charge in [0.1, 0.15) is 0 Å². The first-order chi connectivity index (χ1) is 15.4. The number of fused-ring (bicyclic) bond motifs is 1. The van der Waals surface area contributed by atoms with Gasteiger partial charge in [0.25, 0.3) is 0 Å². The molecule has 0 amide bonds. The van der Waals surface area contributed by atoms with E-state index in [1.54, 1.807) is 19.1 Å². The van der Waals surface area contributed by atoms with Gasteiger partial charge < -0.3 is 19.3 Å². The van der Waals surface area contributed by atoms with Crippen molar-refractivity contribution in [2.45, 2.75) is 78.3 Å². The Bertz CT molecular complexity index is 977. The van der Waals surface area contributed by atoms with E-state index in [0.717, 1.165) is 24.8 Å². The van der Waals surface area contributed by atoms with Gasteiger partial charge in [0.2, 0.25) is 5.79 Å². The van der Waals surface area contributed by atoms with Crippen molar-refractivity contribution in [2.75, 3.05) is 6.61 Å². The average molecular weight is 479 g/mol. The van der Waals surface area contributed by atoms with Gasteiger partial charge in [-0.2, -0.15) is 0 Å². The van der Waals surface area contributed by atoms with Gasteiger partial charge >= 0.3 is 7.82 Å². The van der Waals surface area contributed by atoms with Crippen LogP contribution in [0.1, 0.15) is 60.3 Å². The molecule has 33 heavy (non-hydrogen) atoms. The molecule has 1 spiro atoms. The third kappa shape index (κ3) is 7.19. The van der Waals surface area contributed by atoms with E-state index in [0.29, 0.717) is 11.1 Å². The maximum absolute atomic E-state index is 12.3. The number of carbonyl (C=O) groups is 1. The standard InChI is InChI=1S/C25H35O7P/c1-16(2)7-6-8-17(3)9-21-10-18(4)13-25(31-21)14-20(15-30-33(27,28)29)22-12-23(26)19(5)11-24(22)32-25/h7,9,11,13-14,21-22,24H,6,8,10,12,15H2,1-5H3,(H2,27,28,29)/b17-9+/t21-,22-,24-,25+/m1/s1. The Kier molecular flexibility index (Phi) is 8.15. The van der Waals surface area contributed by atoms with E-state index in [9.17, 15) is 19.1 Å². The number of ketones is 1. The lowest BCUT2D eigenvalue weighted by Gasteiger charge is -2.45. The number of carbonyl (C=O) groups excluding carboxylic acids is 1. The highest BCUT2D eigenvalue weighted by Gasteiger charge is 2.46. The Hall–Kier alpha value is -1.60. The molecule has 0 aromatic rings. The average Bonchev–Trinajstić information content (AvgIpc) is 2.66. The Morgan fingerprint density at radius 1 is 1.21 bits per heavy atom. The molecule has 0 unspecified atom stereocenters. The number of hydrogen-bond donors (Lipinski definition) is 2. The third-order valence-corrected chi connectivity index (χ3v) is 6.57. The smallest absolute Gasteiger partial charge is 0.335 e. The molecule has 0 fully saturated rings. The predicted molar refractivity (Wildman–Crippen MR) is 126 cm³/mol. The number of rotatable bonds is 7. The fraction of sp³-hybridized carbons (Fsp3) is 0.560. The van der Waals surface area contributed by atoms with E-state index in [-0.39, 0.29) is 30.8 Å². The van der Waals surface area contributed by atoms with Gasteiger partial charge in [0.05, 0.1) is 18.8 Å². The van der Waals surface area contributed by atoms with Crippen molar-refractivity contribution < 1.29 is 33.1 Å². The summed E-state index contributed by atoms with van der Waals surface area (Å²) in [5, 5.41) is 0. The first-order valence-electron chi connectivity index (χ1n) is 11.3. The minimum Gasteiger partial charge on any atom is -0.335 e. The largest absolute Gasteiger partial charge is 0.469 e. The molecule has 2 aliphatic heterocycles. The number of hydrogen-bond acceptors (Lipinski definition) is 5. The Morgan fingerprint density at radius 2 is 1.94 bits per heavy atom. The van der Waals surface area contributed by atoms with Gasteiger partial charge in [0.15, 0.2) is 5.78 Å². The van der Waals surface area contributed by atoms with E-state index >= 15 is 0 Å². The SMILES string of the molecule is CC(C)=CCC/C(C)=C/[C@@H]1CC(C)=C[C@]2(C=C(COP(=O)(O)O)[C@H]3CC(=O)C(C)=C[C@H]3O2)O1. The van der Waals surface area contributed by atoms with Crippen LogP contribution >= 0.6 is 7.82 Å². The first kappa shape index (κ1) is 26.0. The summed E-state index contributed by atoms with van der Waals surface area (Å²) in [5.74, 6) is -1.55. The van der Waals surface area contributed by atoms with Crippen molar-refractivity contribution in [2.24, 2.45) is 5.92 Å². The van der Waals surface area contributed by atoms with Crippen molar-refractivity contribution in [3.63, 3.8) is 0 Å². The minimum atomic E-state index is -4.67. The molecule has 3 aliphatic rings. The summed E-state index contributed by atoms with van der Waals surface area (Å²) in [4.78, 5) is 30.8. The molecule has 0 bridgehead atoms. The molecule has 182 valence electrons. The molecule has 0 saturated carbocycles. The highest BCUT2D eigenvalue weighted by molar-refractivity contribution is 7.46. The van der Waals surface area contributed by atoms with E-state index in [2.05, 4.69) is 32.9 Å². The summed E-state index contributed by atoms with van der Waals surface area (Å²) < 4.78 is 29.0. The monoisotopic (exact) mass is 478 g/mol. The predicted octanol–water partition coefficient (Wildman–Crippen LogP) is 5.08. The van der Waals surface area contributed by atoms with Gasteiger partial charge in [0, 0.05) is 12.3 Å². The van der Waals surface area contributed by atoms with Crippen LogP contribution in [0.5, 0.6) is 0 Å². The third-order valence-electron chi connectivity index (χ3n) is 6.11. The fourth-order valence-electron chi connectivity index (χ4n) is 4.56. The van der Waals surface area contributed by atoms with Gasteiger partial charge in [-0.3, -0.25) is 9.32 Å². The lowest BCUT2D eigenvalue weighted by molar-refractivity contribution is -0.224. The molecule has 0 saturated heterocycles. The highest BCUT2D eigenvalue weighted by Crippen LogP contribution is 2.44. The summed E-state index contributed by atoms with van der Waals surface area (Å²) in [5.41, 5.74) is 4.83. The molecule has 8 heteroatoms. The van der Waals surface area contributed by atoms with Gasteiger partial charge in [-0.1, -0.05) is 28.9 Å². The van der Waals surface area contributed by atoms with E-state index in [1.165, 1.54) is 11.1 Å². The summed E-state index contributed by atoms with van der Waals surface area (Å²) >= 11 is 0. The maximum atomic E-state index is 12.3. The van der Waals surface area contributed by atoms with Crippen LogP contribution in [0.4, 0.5) is 0 Å². The van der Waals surface area contributed by atoms with Crippen molar-refractivity contribution in [1.29, 1.82) is 0 Å². The summed E-state index contributed by atoms with van der Waals surface area (Å²) in [6.45, 7) is 9.74. The second kappa shape index (κ2) is 10.3. The second-order valence-electron chi connectivity index (χ2n) is 9.55. The van der Waals surface area contributed by atoms with Crippen molar-refractivity contribution >= 4 is 13.6 Å². The van der Waals surface area contributed by atoms with Crippen LogP contribution in [0.2, 0.25) is 0 Å². The Labute approximate surface area is 196 Å². The van der Waals surface area contributed by atoms with Crippen molar-refractivity contribution in [3.8, 4) is 0 Å². The lowest BCUT2D eigenvalue weighted by atomic mass is 9.79. The maximum Gasteiger partial charge on any atom is 0.469 e. The molecule has 3 rings (SSSR count). The van der Waals surface area contributed by atoms with Crippen LogP contribution in [-0.2, 0) is 23.4 Å². The minimum absolute atomic E-state index is 0.0121. The summed E-state index contributed by atoms with van der Waals surface area (Å²) in [6.07, 6.45) is 11.9. The van der Waals surface area contributed by atoms with Crippen LogP contribution in [0.25, 0.3) is 0 Å². The van der Waals surface area contributed by atoms with Gasteiger partial charge in [-0.15, -0.1) is 0 Å². The Morgan fingerprint density at radius 3 is 2.61 bits per heavy atom. The van der Waals surface area contributed by atoms with Crippen LogP contribution in [0, 0.1) is 5.92 Å². The summed E-state index contributed by atoms with van der Waals surface area (Å²) in [7, 11) is -4.67. The van der Waals surface area contributed by atoms with Crippen LogP contribution in [0.3, 0.4) is 0 Å². The zero-order valence-electron chi connectivity index (χ0n) is 20.0. The normalized spacial score (nSPS) is 30.4. The van der Waals surface area contributed by atoms with Crippen LogP contribution < -0.4 is 0 Å². The van der Waals surface area contributed by atoms with E-state index in [4.69, 9.17) is 14.0 Å². The molecule has 4 atom stereocenters. The first-order valence-corrected chi connectivity index (χ1v) is 12.9. The van der Waals surface area contributed by atoms with E-state index in [1.807, 2.05) is 13.0 Å². The zero-order chi connectivity index (χ0) is 24.4. The second-order valence-corrected chi connectivity index (χ2v) is 10.8. The molecular formula is C25H35O7P. The molecule has 7 nitrogen and oxygen atoms in total. The van der Waals surface area contributed by atoms with Crippen molar-refractivity contribution in [3.05, 3.63) is 58.2 Å². The number of ether oxygens (including phenoxy) is 2. The lowest BCUT2D eigenvalue weighted by Crippen LogP contribution is -2.49. The molecule has 2 N–H and O–H groups in total. The molecule has 0 radical (unpaired) electrons. The molecule has 0 aromatic heterocycles. The highest BCUT2D eigenvalue weighted by atomic mass is 31.2. The number of allylic oxidation sites excluding steroid dienone is 4. The molecular weight excluding hydrogens is 443 g/mol. The number of phosphoric acid groups is 1.